The molecule has 0 radical (unpaired) electrons. The van der Waals surface area contributed by atoms with Crippen molar-refractivity contribution in [3.8, 4) is 0 Å². The molecule has 0 spiro atoms. The summed E-state index contributed by atoms with van der Waals surface area (Å²) in [6.07, 6.45) is 2.15. The molecule has 0 atom stereocenters. The van der Waals surface area contributed by atoms with Gasteiger partial charge in [-0.2, -0.15) is 0 Å². The Morgan fingerprint density at radius 3 is 2.75 bits per heavy atom. The number of unbranched alkanes of at least 4 members (excludes halogenated alkanes) is 1. The van der Waals surface area contributed by atoms with E-state index in [0.717, 1.165) is 29.6 Å². The maximum atomic E-state index is 11.9. The molecule has 20 heavy (non-hydrogen) atoms. The van der Waals surface area contributed by atoms with Crippen molar-refractivity contribution in [1.82, 2.24) is 5.32 Å². The first kappa shape index (κ1) is 15.3. The van der Waals surface area contributed by atoms with E-state index in [4.69, 9.17) is 0 Å². The van der Waals surface area contributed by atoms with E-state index in [2.05, 4.69) is 42.6 Å². The Bertz CT molecular complexity index is 538. The van der Waals surface area contributed by atoms with Crippen LogP contribution in [0.3, 0.4) is 0 Å². The van der Waals surface area contributed by atoms with E-state index < -0.39 is 0 Å². The zero-order valence-electron chi connectivity index (χ0n) is 11.6. The van der Waals surface area contributed by atoms with E-state index in [-0.39, 0.29) is 5.91 Å². The van der Waals surface area contributed by atoms with E-state index in [9.17, 15) is 4.79 Å². The molecule has 0 saturated heterocycles. The summed E-state index contributed by atoms with van der Waals surface area (Å²) in [6.45, 7) is 2.90. The van der Waals surface area contributed by atoms with Crippen molar-refractivity contribution in [3.63, 3.8) is 0 Å². The molecule has 1 aromatic carbocycles. The van der Waals surface area contributed by atoms with Gasteiger partial charge in [0.1, 0.15) is 0 Å². The molecule has 2 aromatic rings. The fraction of sp³-hybridized carbons (Fsp3) is 0.312. The number of amides is 1. The molecule has 0 aliphatic carbocycles. The van der Waals surface area contributed by atoms with Gasteiger partial charge in [-0.25, -0.2) is 0 Å². The summed E-state index contributed by atoms with van der Waals surface area (Å²) >= 11 is 2.04. The summed E-state index contributed by atoms with van der Waals surface area (Å²) in [4.78, 5) is 12.8. The molecule has 1 N–H and O–H groups in total. The third-order valence-electron chi connectivity index (χ3n) is 2.84. The van der Waals surface area contributed by atoms with Crippen LogP contribution in [0.1, 0.15) is 35.0 Å². The van der Waals surface area contributed by atoms with Crippen LogP contribution >= 0.6 is 11.3 Å². The van der Waals surface area contributed by atoms with Crippen molar-refractivity contribution in [1.29, 1.82) is 0 Å². The van der Waals surface area contributed by atoms with E-state index in [0.29, 0.717) is 15.0 Å². The van der Waals surface area contributed by atoms with Crippen LogP contribution in [0.5, 0.6) is 0 Å². The van der Waals surface area contributed by atoms with Gasteiger partial charge in [0.25, 0.3) is 0 Å². The first-order chi connectivity index (χ1) is 9.79. The van der Waals surface area contributed by atoms with Crippen LogP contribution in [0.4, 0.5) is 0 Å². The van der Waals surface area contributed by atoms with E-state index >= 15 is 0 Å². The summed E-state index contributed by atoms with van der Waals surface area (Å²) in [7, 11) is 0. The minimum atomic E-state index is 0.0743. The molecule has 0 aliphatic heterocycles. The van der Waals surface area contributed by atoms with Crippen LogP contribution in [0.25, 0.3) is 0 Å². The summed E-state index contributed by atoms with van der Waals surface area (Å²) in [6, 6.07) is 14.6. The molecule has 2 rings (SSSR count). The van der Waals surface area contributed by atoms with Gasteiger partial charge >= 0.3 is 131 Å². The number of thiophene rings is 1. The Balaban J connectivity index is 1.84. The predicted molar refractivity (Wildman–Crippen MR) is 87.1 cm³/mol. The monoisotopic (exact) mass is 353 g/mol. The van der Waals surface area contributed by atoms with Crippen LogP contribution in [-0.4, -0.2) is 27.4 Å². The average Bonchev–Trinajstić information content (AvgIpc) is 2.95. The zero-order chi connectivity index (χ0) is 14.2. The molecule has 4 heteroatoms. The van der Waals surface area contributed by atoms with Crippen molar-refractivity contribution in [3.05, 3.63) is 52.9 Å². The Kier molecular flexibility index (Phi) is 6.31. The van der Waals surface area contributed by atoms with Crippen molar-refractivity contribution < 1.29 is 4.79 Å². The van der Waals surface area contributed by atoms with Gasteiger partial charge in [0.15, 0.2) is 0 Å². The van der Waals surface area contributed by atoms with Crippen molar-refractivity contribution in [2.75, 3.05) is 6.54 Å². The van der Waals surface area contributed by atoms with Gasteiger partial charge < -0.3 is 0 Å². The maximum absolute atomic E-state index is 11.9. The molecule has 0 fully saturated rings. The second-order valence-electron chi connectivity index (χ2n) is 4.50. The van der Waals surface area contributed by atoms with Gasteiger partial charge in [-0.05, 0) is 0 Å². The summed E-state index contributed by atoms with van der Waals surface area (Å²) in [5, 5.41) is 4.05. The molecule has 0 unspecified atom stereocenters. The SMILES string of the molecule is CCCCNC(=O)c1ccc([Se]Cc2ccccc2)s1. The average molecular weight is 352 g/mol. The van der Waals surface area contributed by atoms with Gasteiger partial charge in [-0.3, -0.25) is 0 Å². The summed E-state index contributed by atoms with van der Waals surface area (Å²) < 4.78 is 1.34. The molecule has 106 valence electrons. The van der Waals surface area contributed by atoms with Crippen LogP contribution in [-0.2, 0) is 5.32 Å². The van der Waals surface area contributed by atoms with Crippen LogP contribution in [0.15, 0.2) is 42.5 Å². The second-order valence-corrected chi connectivity index (χ2v) is 8.30. The van der Waals surface area contributed by atoms with Gasteiger partial charge in [0, 0.05) is 0 Å². The Hall–Kier alpha value is -1.09. The number of hydrogen-bond acceptors (Lipinski definition) is 2. The number of carbonyl (C=O) groups is 1. The summed E-state index contributed by atoms with van der Waals surface area (Å²) in [5.41, 5.74) is 1.37. The van der Waals surface area contributed by atoms with E-state index in [1.807, 2.05) is 12.1 Å². The fourth-order valence-electron chi connectivity index (χ4n) is 1.71. The molecular formula is C16H19NOSSe. The van der Waals surface area contributed by atoms with Gasteiger partial charge in [-0.15, -0.1) is 0 Å². The first-order valence-corrected chi connectivity index (χ1v) is 9.73. The predicted octanol–water partition coefficient (Wildman–Crippen LogP) is 2.81. The van der Waals surface area contributed by atoms with Gasteiger partial charge in [0.05, 0.1) is 0 Å². The fourth-order valence-corrected chi connectivity index (χ4v) is 5.07. The Labute approximate surface area is 130 Å². The van der Waals surface area contributed by atoms with Gasteiger partial charge in [-0.1, -0.05) is 0 Å². The molecule has 1 heterocycles. The molecule has 0 saturated carbocycles. The van der Waals surface area contributed by atoms with Crippen LogP contribution < -0.4 is 9.09 Å². The number of nitrogens with one attached hydrogen (secondary N) is 1. The topological polar surface area (TPSA) is 29.1 Å². The molecule has 0 bridgehead atoms. The first-order valence-electron chi connectivity index (χ1n) is 6.84. The molecular weight excluding hydrogens is 333 g/mol. The number of rotatable bonds is 7. The van der Waals surface area contributed by atoms with E-state index in [1.165, 1.54) is 9.34 Å². The number of benzene rings is 1. The normalized spacial score (nSPS) is 10.4. The van der Waals surface area contributed by atoms with E-state index in [1.54, 1.807) is 11.3 Å². The standard InChI is InChI=1S/C16H19NOSSe/c1-2-3-11-17-16(18)14-9-10-15(19-14)20-12-13-7-5-4-6-8-13/h4-10H,2-3,11-12H2,1H3,(H,17,18). The van der Waals surface area contributed by atoms with Crippen molar-refractivity contribution in [2.45, 2.75) is 25.1 Å². The molecule has 1 aromatic heterocycles. The summed E-state index contributed by atoms with van der Waals surface area (Å²) in [5.74, 6) is 0.0743. The third kappa shape index (κ3) is 4.78. The minimum absolute atomic E-state index is 0.0743. The molecule has 2 nitrogen and oxygen atoms in total. The molecule has 1 amide bonds. The number of hydrogen-bond donors (Lipinski definition) is 1. The Morgan fingerprint density at radius 2 is 2.00 bits per heavy atom. The van der Waals surface area contributed by atoms with Crippen LogP contribution in [0, 0.1) is 0 Å². The molecule has 0 aliphatic rings. The Morgan fingerprint density at radius 1 is 1.20 bits per heavy atom. The van der Waals surface area contributed by atoms with Gasteiger partial charge in [0.2, 0.25) is 0 Å². The quantitative estimate of drug-likeness (QED) is 0.603. The zero-order valence-corrected chi connectivity index (χ0v) is 14.1. The van der Waals surface area contributed by atoms with Crippen molar-refractivity contribution >= 4 is 36.0 Å². The number of carbonyl (C=O) groups excluding carboxylic acids is 1. The van der Waals surface area contributed by atoms with Crippen LogP contribution in [0.2, 0.25) is 0 Å². The van der Waals surface area contributed by atoms with Crippen molar-refractivity contribution in [2.24, 2.45) is 0 Å². The second kappa shape index (κ2) is 8.25. The third-order valence-corrected chi connectivity index (χ3v) is 6.75.